The zero-order valence-electron chi connectivity index (χ0n) is 14.6. The highest BCUT2D eigenvalue weighted by atomic mass is 16.5. The standard InChI is InChI=1S/C17H19N3O6/c1-23-13-7-11(8-14(24-2)15(13)25-3)9-19-20-17(22)16(21)18-10-12-5-4-6-26-12/h4-9H,10H2,1-3H3,(H,18,21)(H,20,22)/b19-9+. The van der Waals surface area contributed by atoms with E-state index in [2.05, 4.69) is 15.8 Å². The maximum absolute atomic E-state index is 11.7. The van der Waals surface area contributed by atoms with Crippen LogP contribution in [0.1, 0.15) is 11.3 Å². The SMILES string of the molecule is COc1cc(/C=N/NC(=O)C(=O)NCc2ccco2)cc(OC)c1OC. The first kappa shape index (κ1) is 18.8. The molecule has 0 aliphatic heterocycles. The molecule has 2 amide bonds. The minimum atomic E-state index is -0.903. The zero-order valence-corrected chi connectivity index (χ0v) is 14.6. The lowest BCUT2D eigenvalue weighted by molar-refractivity contribution is -0.139. The van der Waals surface area contributed by atoms with Crippen molar-refractivity contribution in [1.82, 2.24) is 10.7 Å². The van der Waals surface area contributed by atoms with Gasteiger partial charge in [0.25, 0.3) is 0 Å². The Morgan fingerprint density at radius 1 is 1.12 bits per heavy atom. The van der Waals surface area contributed by atoms with Gasteiger partial charge in [0.1, 0.15) is 5.76 Å². The molecule has 26 heavy (non-hydrogen) atoms. The number of amides is 2. The summed E-state index contributed by atoms with van der Waals surface area (Å²) in [5.74, 6) is 0.121. The van der Waals surface area contributed by atoms with Crippen molar-refractivity contribution in [2.45, 2.75) is 6.54 Å². The summed E-state index contributed by atoms with van der Waals surface area (Å²) in [4.78, 5) is 23.4. The van der Waals surface area contributed by atoms with Crippen LogP contribution < -0.4 is 25.0 Å². The minimum Gasteiger partial charge on any atom is -0.493 e. The summed E-state index contributed by atoms with van der Waals surface area (Å²) < 4.78 is 20.7. The van der Waals surface area contributed by atoms with Crippen LogP contribution in [0.15, 0.2) is 40.0 Å². The Labute approximate surface area is 149 Å². The van der Waals surface area contributed by atoms with E-state index >= 15 is 0 Å². The predicted molar refractivity (Wildman–Crippen MR) is 92.4 cm³/mol. The molecule has 9 nitrogen and oxygen atoms in total. The number of benzene rings is 1. The number of ether oxygens (including phenoxy) is 3. The van der Waals surface area contributed by atoms with Gasteiger partial charge in [0, 0.05) is 5.56 Å². The molecule has 1 aromatic heterocycles. The topological polar surface area (TPSA) is 111 Å². The zero-order chi connectivity index (χ0) is 18.9. The third-order valence-corrected chi connectivity index (χ3v) is 3.28. The van der Waals surface area contributed by atoms with Gasteiger partial charge >= 0.3 is 11.8 Å². The molecule has 1 aromatic carbocycles. The number of hydrazone groups is 1. The first-order valence-electron chi connectivity index (χ1n) is 7.52. The van der Waals surface area contributed by atoms with E-state index in [1.54, 1.807) is 24.3 Å². The van der Waals surface area contributed by atoms with Crippen molar-refractivity contribution in [2.24, 2.45) is 5.10 Å². The van der Waals surface area contributed by atoms with Gasteiger partial charge in [0.2, 0.25) is 5.75 Å². The normalized spacial score (nSPS) is 10.4. The first-order valence-corrected chi connectivity index (χ1v) is 7.52. The molecule has 0 aliphatic rings. The fourth-order valence-electron chi connectivity index (χ4n) is 2.05. The molecule has 0 atom stereocenters. The third kappa shape index (κ3) is 4.76. The lowest BCUT2D eigenvalue weighted by atomic mass is 10.2. The summed E-state index contributed by atoms with van der Waals surface area (Å²) in [6, 6.07) is 6.66. The summed E-state index contributed by atoms with van der Waals surface area (Å²) in [7, 11) is 4.47. The number of rotatable bonds is 7. The van der Waals surface area contributed by atoms with Crippen molar-refractivity contribution in [3.8, 4) is 17.2 Å². The number of methoxy groups -OCH3 is 3. The van der Waals surface area contributed by atoms with E-state index in [0.717, 1.165) is 0 Å². The number of nitrogens with zero attached hydrogens (tertiary/aromatic N) is 1. The van der Waals surface area contributed by atoms with Gasteiger partial charge in [0.15, 0.2) is 11.5 Å². The smallest absolute Gasteiger partial charge is 0.329 e. The van der Waals surface area contributed by atoms with Crippen molar-refractivity contribution in [3.63, 3.8) is 0 Å². The van der Waals surface area contributed by atoms with Crippen LogP contribution in [0.3, 0.4) is 0 Å². The van der Waals surface area contributed by atoms with Gasteiger partial charge in [-0.3, -0.25) is 9.59 Å². The molecule has 0 saturated carbocycles. The van der Waals surface area contributed by atoms with Crippen molar-refractivity contribution < 1.29 is 28.2 Å². The van der Waals surface area contributed by atoms with Crippen molar-refractivity contribution >= 4 is 18.0 Å². The molecule has 2 aromatic rings. The van der Waals surface area contributed by atoms with E-state index in [9.17, 15) is 9.59 Å². The van der Waals surface area contributed by atoms with E-state index in [0.29, 0.717) is 28.6 Å². The van der Waals surface area contributed by atoms with Gasteiger partial charge in [-0.1, -0.05) is 0 Å². The molecule has 138 valence electrons. The Morgan fingerprint density at radius 3 is 2.35 bits per heavy atom. The Bertz CT molecular complexity index is 761. The van der Waals surface area contributed by atoms with E-state index in [1.807, 2.05) is 0 Å². The Kier molecular flexibility index (Phi) is 6.60. The largest absolute Gasteiger partial charge is 0.493 e. The van der Waals surface area contributed by atoms with Gasteiger partial charge in [-0.2, -0.15) is 5.10 Å². The monoisotopic (exact) mass is 361 g/mol. The molecule has 2 rings (SSSR count). The lowest BCUT2D eigenvalue weighted by Gasteiger charge is -2.12. The highest BCUT2D eigenvalue weighted by Gasteiger charge is 2.14. The number of carbonyl (C=O) groups excluding carboxylic acids is 2. The number of hydrogen-bond donors (Lipinski definition) is 2. The summed E-state index contributed by atoms with van der Waals surface area (Å²) in [6.07, 6.45) is 2.82. The quantitative estimate of drug-likeness (QED) is 0.433. The van der Waals surface area contributed by atoms with Gasteiger partial charge in [-0.15, -0.1) is 0 Å². The molecule has 0 aliphatic carbocycles. The Balaban J connectivity index is 1.96. The minimum absolute atomic E-state index is 0.107. The van der Waals surface area contributed by atoms with Crippen molar-refractivity contribution in [3.05, 3.63) is 41.9 Å². The molecule has 0 fully saturated rings. The van der Waals surface area contributed by atoms with Crippen LogP contribution in [0.25, 0.3) is 0 Å². The average Bonchev–Trinajstić information content (AvgIpc) is 3.18. The van der Waals surface area contributed by atoms with Crippen LogP contribution in [0.4, 0.5) is 0 Å². The van der Waals surface area contributed by atoms with Crippen LogP contribution in [-0.4, -0.2) is 39.4 Å². The van der Waals surface area contributed by atoms with Crippen LogP contribution in [0, 0.1) is 0 Å². The van der Waals surface area contributed by atoms with Gasteiger partial charge in [-0.05, 0) is 24.3 Å². The van der Waals surface area contributed by atoms with E-state index < -0.39 is 11.8 Å². The summed E-state index contributed by atoms with van der Waals surface area (Å²) in [5.41, 5.74) is 2.72. The van der Waals surface area contributed by atoms with Crippen molar-refractivity contribution in [1.29, 1.82) is 0 Å². The van der Waals surface area contributed by atoms with Crippen LogP contribution >= 0.6 is 0 Å². The van der Waals surface area contributed by atoms with E-state index in [1.165, 1.54) is 33.8 Å². The molecule has 2 N–H and O–H groups in total. The summed E-state index contributed by atoms with van der Waals surface area (Å²) >= 11 is 0. The fourth-order valence-corrected chi connectivity index (χ4v) is 2.05. The van der Waals surface area contributed by atoms with Gasteiger partial charge < -0.3 is 23.9 Å². The van der Waals surface area contributed by atoms with Crippen LogP contribution in [-0.2, 0) is 16.1 Å². The molecule has 0 radical (unpaired) electrons. The fraction of sp³-hybridized carbons (Fsp3) is 0.235. The van der Waals surface area contributed by atoms with Crippen LogP contribution in [0.2, 0.25) is 0 Å². The average molecular weight is 361 g/mol. The first-order chi connectivity index (χ1) is 12.6. The summed E-state index contributed by atoms with van der Waals surface area (Å²) in [5, 5.41) is 6.16. The molecule has 9 heteroatoms. The van der Waals surface area contributed by atoms with Gasteiger partial charge in [0.05, 0.1) is 40.4 Å². The van der Waals surface area contributed by atoms with E-state index in [4.69, 9.17) is 18.6 Å². The molecule has 0 saturated heterocycles. The van der Waals surface area contributed by atoms with E-state index in [-0.39, 0.29) is 6.54 Å². The maximum atomic E-state index is 11.7. The number of hydrogen-bond acceptors (Lipinski definition) is 7. The highest BCUT2D eigenvalue weighted by molar-refractivity contribution is 6.35. The molecule has 1 heterocycles. The second-order valence-corrected chi connectivity index (χ2v) is 4.92. The molecular weight excluding hydrogens is 342 g/mol. The van der Waals surface area contributed by atoms with Crippen molar-refractivity contribution in [2.75, 3.05) is 21.3 Å². The number of nitrogens with one attached hydrogen (secondary N) is 2. The summed E-state index contributed by atoms with van der Waals surface area (Å²) in [6.45, 7) is 0.107. The number of carbonyl (C=O) groups is 2. The molecular formula is C17H19N3O6. The Hall–Kier alpha value is -3.49. The Morgan fingerprint density at radius 2 is 1.81 bits per heavy atom. The third-order valence-electron chi connectivity index (χ3n) is 3.28. The second kappa shape index (κ2) is 9.11. The number of furan rings is 1. The molecule has 0 spiro atoms. The highest BCUT2D eigenvalue weighted by Crippen LogP contribution is 2.37. The predicted octanol–water partition coefficient (Wildman–Crippen LogP) is 1.07. The molecule has 0 unspecified atom stereocenters. The second-order valence-electron chi connectivity index (χ2n) is 4.92. The maximum Gasteiger partial charge on any atom is 0.329 e. The van der Waals surface area contributed by atoms with Gasteiger partial charge in [-0.25, -0.2) is 5.43 Å². The lowest BCUT2D eigenvalue weighted by Crippen LogP contribution is -2.37. The molecule has 0 bridgehead atoms. The van der Waals surface area contributed by atoms with Crippen LogP contribution in [0.5, 0.6) is 17.2 Å².